The lowest BCUT2D eigenvalue weighted by molar-refractivity contribution is 0.372. The highest BCUT2D eigenvalue weighted by Gasteiger charge is 2.24. The minimum absolute atomic E-state index is 0.0508. The molecule has 3 rings (SSSR count). The molecule has 0 radical (unpaired) electrons. The fourth-order valence-corrected chi connectivity index (χ4v) is 2.59. The van der Waals surface area contributed by atoms with E-state index in [1.165, 1.54) is 7.11 Å². The average molecular weight is 314 g/mol. The van der Waals surface area contributed by atoms with E-state index in [1.54, 1.807) is 37.4 Å². The van der Waals surface area contributed by atoms with Crippen LogP contribution in [0.4, 0.5) is 0 Å². The topological polar surface area (TPSA) is 83.3 Å². The van der Waals surface area contributed by atoms with Gasteiger partial charge in [0, 0.05) is 12.0 Å². The van der Waals surface area contributed by atoms with Crippen molar-refractivity contribution in [2.24, 2.45) is 5.10 Å². The minimum Gasteiger partial charge on any atom is -0.507 e. The molecule has 6 heteroatoms. The first-order chi connectivity index (χ1) is 11.1. The van der Waals surface area contributed by atoms with Crippen LogP contribution in [-0.4, -0.2) is 30.1 Å². The van der Waals surface area contributed by atoms with Gasteiger partial charge in [0.15, 0.2) is 11.5 Å². The molecule has 120 valence electrons. The van der Waals surface area contributed by atoms with Crippen molar-refractivity contribution in [3.8, 4) is 23.0 Å². The van der Waals surface area contributed by atoms with Gasteiger partial charge in [0.25, 0.3) is 0 Å². The molecule has 1 unspecified atom stereocenters. The lowest BCUT2D eigenvalue weighted by atomic mass is 9.98. The molecule has 0 bridgehead atoms. The Morgan fingerprint density at radius 3 is 2.57 bits per heavy atom. The van der Waals surface area contributed by atoms with E-state index in [0.717, 1.165) is 11.3 Å². The molecule has 0 saturated carbocycles. The van der Waals surface area contributed by atoms with Gasteiger partial charge in [-0.15, -0.1) is 0 Å². The summed E-state index contributed by atoms with van der Waals surface area (Å²) in [6, 6.07) is 10.2. The molecular weight excluding hydrogens is 296 g/mol. The molecule has 0 fully saturated rings. The van der Waals surface area contributed by atoms with Crippen molar-refractivity contribution in [1.82, 2.24) is 5.43 Å². The van der Waals surface area contributed by atoms with Gasteiger partial charge in [-0.05, 0) is 35.9 Å². The number of hydrogen-bond donors (Lipinski definition) is 3. The van der Waals surface area contributed by atoms with Gasteiger partial charge in [0.1, 0.15) is 11.5 Å². The number of nitrogens with zero attached hydrogens (tertiary/aromatic N) is 1. The summed E-state index contributed by atoms with van der Waals surface area (Å²) >= 11 is 0. The molecule has 0 aliphatic carbocycles. The molecule has 0 spiro atoms. The van der Waals surface area contributed by atoms with Crippen molar-refractivity contribution in [3.63, 3.8) is 0 Å². The third-order valence-electron chi connectivity index (χ3n) is 3.87. The minimum atomic E-state index is -0.0508. The Bertz CT molecular complexity index is 758. The highest BCUT2D eigenvalue weighted by Crippen LogP contribution is 2.34. The summed E-state index contributed by atoms with van der Waals surface area (Å²) in [5, 5.41) is 24.1. The Morgan fingerprint density at radius 1 is 1.04 bits per heavy atom. The van der Waals surface area contributed by atoms with Crippen LogP contribution in [-0.2, 0) is 0 Å². The van der Waals surface area contributed by atoms with Gasteiger partial charge in [-0.25, -0.2) is 0 Å². The standard InChI is InChI=1S/C17H18N2O4/c1-22-11-4-6-15(20)12(8-11)14-9-13(18-19-14)10-3-5-16(21)17(7-10)23-2/h3-8,13,18,20-21H,9H2,1-2H3. The molecule has 23 heavy (non-hydrogen) atoms. The fourth-order valence-electron chi connectivity index (χ4n) is 2.59. The van der Waals surface area contributed by atoms with Gasteiger partial charge < -0.3 is 25.1 Å². The molecule has 3 N–H and O–H groups in total. The van der Waals surface area contributed by atoms with E-state index in [9.17, 15) is 10.2 Å². The third kappa shape index (κ3) is 2.88. The molecule has 2 aromatic rings. The predicted molar refractivity (Wildman–Crippen MR) is 86.3 cm³/mol. The number of hydrazone groups is 1. The lowest BCUT2D eigenvalue weighted by Crippen LogP contribution is -2.10. The maximum atomic E-state index is 10.0. The summed E-state index contributed by atoms with van der Waals surface area (Å²) in [5.74, 6) is 1.34. The number of nitrogens with one attached hydrogen (secondary N) is 1. The SMILES string of the molecule is COc1ccc(O)c(C2=NNC(c3ccc(O)c(OC)c3)C2)c1. The molecule has 0 amide bonds. The van der Waals surface area contributed by atoms with Crippen LogP contribution in [0.5, 0.6) is 23.0 Å². The second kappa shape index (κ2) is 6.08. The first-order valence-corrected chi connectivity index (χ1v) is 7.18. The van der Waals surface area contributed by atoms with Crippen molar-refractivity contribution in [3.05, 3.63) is 47.5 Å². The Kier molecular flexibility index (Phi) is 3.97. The monoisotopic (exact) mass is 314 g/mol. The number of aromatic hydroxyl groups is 2. The third-order valence-corrected chi connectivity index (χ3v) is 3.87. The van der Waals surface area contributed by atoms with Gasteiger partial charge in [-0.2, -0.15) is 5.10 Å². The molecule has 6 nitrogen and oxygen atoms in total. The summed E-state index contributed by atoms with van der Waals surface area (Å²) in [5.41, 5.74) is 5.39. The summed E-state index contributed by atoms with van der Waals surface area (Å²) in [4.78, 5) is 0. The van der Waals surface area contributed by atoms with Crippen LogP contribution in [0, 0.1) is 0 Å². The number of benzene rings is 2. The first-order valence-electron chi connectivity index (χ1n) is 7.18. The molecule has 1 atom stereocenters. The highest BCUT2D eigenvalue weighted by molar-refractivity contribution is 6.04. The molecule has 1 heterocycles. The van der Waals surface area contributed by atoms with E-state index < -0.39 is 0 Å². The smallest absolute Gasteiger partial charge is 0.160 e. The number of ether oxygens (including phenoxy) is 2. The maximum absolute atomic E-state index is 10.0. The number of methoxy groups -OCH3 is 2. The van der Waals surface area contributed by atoms with E-state index in [1.807, 2.05) is 6.07 Å². The first kappa shape index (κ1) is 15.0. The quantitative estimate of drug-likeness (QED) is 0.808. The molecule has 2 aromatic carbocycles. The zero-order valence-corrected chi connectivity index (χ0v) is 12.9. The Labute approximate surface area is 134 Å². The van der Waals surface area contributed by atoms with Crippen LogP contribution in [0.3, 0.4) is 0 Å². The van der Waals surface area contributed by atoms with Gasteiger partial charge in [-0.3, -0.25) is 0 Å². The van der Waals surface area contributed by atoms with E-state index in [4.69, 9.17) is 9.47 Å². The molecule has 0 saturated heterocycles. The van der Waals surface area contributed by atoms with Gasteiger partial charge >= 0.3 is 0 Å². The second-order valence-electron chi connectivity index (χ2n) is 5.26. The second-order valence-corrected chi connectivity index (χ2v) is 5.26. The highest BCUT2D eigenvalue weighted by atomic mass is 16.5. The van der Waals surface area contributed by atoms with Crippen LogP contribution in [0.1, 0.15) is 23.6 Å². The van der Waals surface area contributed by atoms with Crippen LogP contribution < -0.4 is 14.9 Å². The van der Waals surface area contributed by atoms with Crippen molar-refractivity contribution >= 4 is 5.71 Å². The van der Waals surface area contributed by atoms with Crippen molar-refractivity contribution in [2.45, 2.75) is 12.5 Å². The largest absolute Gasteiger partial charge is 0.507 e. The summed E-state index contributed by atoms with van der Waals surface area (Å²) in [6.07, 6.45) is 0.606. The van der Waals surface area contributed by atoms with Crippen LogP contribution >= 0.6 is 0 Å². The number of phenolic OH excluding ortho intramolecular Hbond substituents is 2. The zero-order chi connectivity index (χ0) is 16.4. The predicted octanol–water partition coefficient (Wildman–Crippen LogP) is 2.55. The Morgan fingerprint density at radius 2 is 1.83 bits per heavy atom. The van der Waals surface area contributed by atoms with Gasteiger partial charge in [0.2, 0.25) is 0 Å². The summed E-state index contributed by atoms with van der Waals surface area (Å²) in [6.45, 7) is 0. The van der Waals surface area contributed by atoms with Crippen molar-refractivity contribution in [2.75, 3.05) is 14.2 Å². The van der Waals surface area contributed by atoms with E-state index in [-0.39, 0.29) is 17.5 Å². The molecule has 0 aromatic heterocycles. The summed E-state index contributed by atoms with van der Waals surface area (Å²) in [7, 11) is 3.09. The van der Waals surface area contributed by atoms with Crippen molar-refractivity contribution < 1.29 is 19.7 Å². The number of hydrogen-bond acceptors (Lipinski definition) is 6. The molecule has 1 aliphatic rings. The summed E-state index contributed by atoms with van der Waals surface area (Å²) < 4.78 is 10.3. The van der Waals surface area contributed by atoms with Crippen LogP contribution in [0.15, 0.2) is 41.5 Å². The van der Waals surface area contributed by atoms with Crippen LogP contribution in [0.2, 0.25) is 0 Å². The maximum Gasteiger partial charge on any atom is 0.160 e. The Balaban J connectivity index is 1.83. The van der Waals surface area contributed by atoms with E-state index >= 15 is 0 Å². The number of phenols is 2. The van der Waals surface area contributed by atoms with Gasteiger partial charge in [0.05, 0.1) is 26.0 Å². The number of rotatable bonds is 4. The normalized spacial score (nSPS) is 16.6. The fraction of sp³-hybridized carbons (Fsp3) is 0.235. The van der Waals surface area contributed by atoms with E-state index in [0.29, 0.717) is 23.5 Å². The van der Waals surface area contributed by atoms with E-state index in [2.05, 4.69) is 10.5 Å². The van der Waals surface area contributed by atoms with Gasteiger partial charge in [-0.1, -0.05) is 6.07 Å². The molecular formula is C17H18N2O4. The average Bonchev–Trinajstić information content (AvgIpc) is 3.05. The lowest BCUT2D eigenvalue weighted by Gasteiger charge is -2.12. The van der Waals surface area contributed by atoms with Crippen molar-refractivity contribution in [1.29, 1.82) is 0 Å². The Hall–Kier alpha value is -2.89. The van der Waals surface area contributed by atoms with Crippen LogP contribution in [0.25, 0.3) is 0 Å². The molecule has 1 aliphatic heterocycles. The zero-order valence-electron chi connectivity index (χ0n) is 12.9.